The fourth-order valence-electron chi connectivity index (χ4n) is 2.98. The molecule has 2 aromatic carbocycles. The zero-order valence-corrected chi connectivity index (χ0v) is 16.6. The van der Waals surface area contributed by atoms with Gasteiger partial charge >= 0.3 is 0 Å². The largest absolute Gasteiger partial charge is 0.497 e. The van der Waals surface area contributed by atoms with E-state index in [-0.39, 0.29) is 5.56 Å². The topological polar surface area (TPSA) is 85.7 Å². The number of aromatic amines is 1. The normalized spacial score (nSPS) is 10.9. The molecule has 0 radical (unpaired) electrons. The summed E-state index contributed by atoms with van der Waals surface area (Å²) in [7, 11) is 1.63. The lowest BCUT2D eigenvalue weighted by molar-refractivity contribution is 0.415. The van der Waals surface area contributed by atoms with Crippen LogP contribution in [0.1, 0.15) is 5.82 Å². The molecular weight excluding hydrogens is 386 g/mol. The Bertz CT molecular complexity index is 1210. The zero-order chi connectivity index (χ0) is 20.2. The average molecular weight is 405 g/mol. The number of ether oxygens (including phenoxy) is 1. The van der Waals surface area contributed by atoms with Gasteiger partial charge in [-0.3, -0.25) is 9.36 Å². The number of allylic oxidation sites excluding steroid dienone is 1. The average Bonchev–Trinajstić information content (AvgIpc) is 3.15. The summed E-state index contributed by atoms with van der Waals surface area (Å²) >= 11 is 1.46. The molecule has 7 nitrogen and oxygen atoms in total. The van der Waals surface area contributed by atoms with Crippen LogP contribution in [-0.2, 0) is 12.3 Å². The van der Waals surface area contributed by atoms with Crippen molar-refractivity contribution >= 4 is 22.7 Å². The first-order chi connectivity index (χ1) is 14.2. The predicted octanol–water partition coefficient (Wildman–Crippen LogP) is 3.67. The molecule has 2 heterocycles. The first-order valence-corrected chi connectivity index (χ1v) is 9.97. The summed E-state index contributed by atoms with van der Waals surface area (Å²) < 4.78 is 7.20. The molecule has 0 aliphatic heterocycles. The maximum Gasteiger partial charge on any atom is 0.258 e. The molecule has 0 amide bonds. The first kappa shape index (κ1) is 18.9. The van der Waals surface area contributed by atoms with Crippen molar-refractivity contribution < 1.29 is 4.74 Å². The lowest BCUT2D eigenvalue weighted by atomic mass is 10.2. The second kappa shape index (κ2) is 8.32. The highest BCUT2D eigenvalue weighted by atomic mass is 32.2. The molecule has 0 bridgehead atoms. The maximum atomic E-state index is 12.3. The summed E-state index contributed by atoms with van der Waals surface area (Å²) in [6, 6.07) is 15.0. The van der Waals surface area contributed by atoms with Crippen LogP contribution in [0.5, 0.6) is 5.75 Å². The van der Waals surface area contributed by atoms with Gasteiger partial charge in [-0.15, -0.1) is 16.8 Å². The second-order valence-corrected chi connectivity index (χ2v) is 7.19. The highest BCUT2D eigenvalue weighted by molar-refractivity contribution is 7.98. The van der Waals surface area contributed by atoms with E-state index in [0.717, 1.165) is 22.3 Å². The van der Waals surface area contributed by atoms with Gasteiger partial charge in [-0.25, -0.2) is 4.98 Å². The van der Waals surface area contributed by atoms with E-state index in [1.807, 2.05) is 47.0 Å². The van der Waals surface area contributed by atoms with Crippen molar-refractivity contribution in [1.82, 2.24) is 24.7 Å². The van der Waals surface area contributed by atoms with E-state index in [1.54, 1.807) is 19.3 Å². The number of hydrogen-bond donors (Lipinski definition) is 1. The Balaban J connectivity index is 1.61. The van der Waals surface area contributed by atoms with E-state index in [2.05, 4.69) is 26.7 Å². The van der Waals surface area contributed by atoms with Crippen molar-refractivity contribution in [3.63, 3.8) is 0 Å². The first-order valence-electron chi connectivity index (χ1n) is 8.99. The summed E-state index contributed by atoms with van der Waals surface area (Å²) in [4.78, 5) is 19.6. The number of nitrogens with zero attached hydrogens (tertiary/aromatic N) is 4. The number of nitrogens with one attached hydrogen (secondary N) is 1. The Morgan fingerprint density at radius 3 is 2.72 bits per heavy atom. The molecule has 0 fully saturated rings. The number of methoxy groups -OCH3 is 1. The summed E-state index contributed by atoms with van der Waals surface area (Å²) in [5, 5.41) is 9.99. The van der Waals surface area contributed by atoms with Crippen molar-refractivity contribution in [1.29, 1.82) is 0 Å². The number of fused-ring (bicyclic) bond motifs is 1. The van der Waals surface area contributed by atoms with E-state index in [1.165, 1.54) is 11.8 Å². The van der Waals surface area contributed by atoms with E-state index in [9.17, 15) is 4.79 Å². The third-order valence-electron chi connectivity index (χ3n) is 4.38. The van der Waals surface area contributed by atoms with Gasteiger partial charge in [-0.1, -0.05) is 30.0 Å². The highest BCUT2D eigenvalue weighted by Crippen LogP contribution is 2.27. The van der Waals surface area contributed by atoms with Crippen LogP contribution in [0.2, 0.25) is 0 Å². The number of H-pyrrole nitrogens is 1. The van der Waals surface area contributed by atoms with Crippen LogP contribution in [-0.4, -0.2) is 31.8 Å². The third-order valence-corrected chi connectivity index (χ3v) is 5.35. The van der Waals surface area contributed by atoms with Crippen molar-refractivity contribution in [2.75, 3.05) is 7.11 Å². The third kappa shape index (κ3) is 3.93. The fourth-order valence-corrected chi connectivity index (χ4v) is 3.80. The number of benzene rings is 2. The molecule has 0 saturated carbocycles. The van der Waals surface area contributed by atoms with E-state index >= 15 is 0 Å². The van der Waals surface area contributed by atoms with Gasteiger partial charge in [0, 0.05) is 12.1 Å². The molecule has 0 atom stereocenters. The lowest BCUT2D eigenvalue weighted by Gasteiger charge is -2.08. The van der Waals surface area contributed by atoms with Crippen molar-refractivity contribution in [2.45, 2.75) is 17.5 Å². The van der Waals surface area contributed by atoms with Crippen LogP contribution >= 0.6 is 11.8 Å². The quantitative estimate of drug-likeness (QED) is 0.373. The standard InChI is InChI=1S/C21H19N5O2S/c1-3-12-26-19(14-8-10-15(28-2)11-9-14)24-25-21(26)29-13-18-22-17-7-5-4-6-16(17)20(27)23-18/h3-11H,1,12-13H2,2H3,(H,22,23,27). The molecular formula is C21H19N5O2S. The summed E-state index contributed by atoms with van der Waals surface area (Å²) in [5.74, 6) is 2.59. The maximum absolute atomic E-state index is 12.3. The van der Waals surface area contributed by atoms with Gasteiger partial charge in [-0.05, 0) is 36.4 Å². The van der Waals surface area contributed by atoms with Crippen molar-refractivity contribution in [3.05, 3.63) is 77.4 Å². The SMILES string of the molecule is C=CCn1c(SCc2nc3ccccc3c(=O)[nH]2)nnc1-c1ccc(OC)cc1. The van der Waals surface area contributed by atoms with Gasteiger partial charge in [0.1, 0.15) is 11.6 Å². The van der Waals surface area contributed by atoms with Crippen LogP contribution in [0.25, 0.3) is 22.3 Å². The molecule has 1 N–H and O–H groups in total. The molecule has 0 unspecified atom stereocenters. The molecule has 8 heteroatoms. The Morgan fingerprint density at radius 2 is 1.97 bits per heavy atom. The Morgan fingerprint density at radius 1 is 1.17 bits per heavy atom. The van der Waals surface area contributed by atoms with Gasteiger partial charge in [0.05, 0.1) is 23.8 Å². The second-order valence-electron chi connectivity index (χ2n) is 6.25. The number of thioether (sulfide) groups is 1. The smallest absolute Gasteiger partial charge is 0.258 e. The molecule has 0 spiro atoms. The molecule has 29 heavy (non-hydrogen) atoms. The molecule has 0 aliphatic carbocycles. The van der Waals surface area contributed by atoms with E-state index in [0.29, 0.717) is 29.0 Å². The molecule has 0 saturated heterocycles. The van der Waals surface area contributed by atoms with Crippen LogP contribution in [0.15, 0.2) is 71.1 Å². The summed E-state index contributed by atoms with van der Waals surface area (Å²) in [6.45, 7) is 4.41. The highest BCUT2D eigenvalue weighted by Gasteiger charge is 2.14. The van der Waals surface area contributed by atoms with Crippen LogP contribution in [0, 0.1) is 0 Å². The predicted molar refractivity (Wildman–Crippen MR) is 114 cm³/mol. The molecule has 0 aliphatic rings. The molecule has 4 aromatic rings. The number of para-hydroxylation sites is 1. The molecule has 146 valence electrons. The molecule has 2 aromatic heterocycles. The van der Waals surface area contributed by atoms with E-state index < -0.39 is 0 Å². The summed E-state index contributed by atoms with van der Waals surface area (Å²) in [5.41, 5.74) is 1.47. The van der Waals surface area contributed by atoms with Gasteiger partial charge < -0.3 is 9.72 Å². The Kier molecular flexibility index (Phi) is 5.44. The number of hydrogen-bond acceptors (Lipinski definition) is 6. The van der Waals surface area contributed by atoms with Crippen LogP contribution in [0.3, 0.4) is 0 Å². The van der Waals surface area contributed by atoms with Crippen LogP contribution in [0.4, 0.5) is 0 Å². The minimum absolute atomic E-state index is 0.141. The Hall–Kier alpha value is -3.39. The number of aromatic nitrogens is 5. The Labute approximate surface area is 171 Å². The zero-order valence-electron chi connectivity index (χ0n) is 15.8. The fraction of sp³-hybridized carbons (Fsp3) is 0.143. The molecule has 4 rings (SSSR count). The van der Waals surface area contributed by atoms with Crippen molar-refractivity contribution in [3.8, 4) is 17.1 Å². The van der Waals surface area contributed by atoms with Crippen molar-refractivity contribution in [2.24, 2.45) is 0 Å². The monoisotopic (exact) mass is 405 g/mol. The van der Waals surface area contributed by atoms with Gasteiger partial charge in [-0.2, -0.15) is 0 Å². The number of rotatable bonds is 7. The minimum atomic E-state index is -0.141. The van der Waals surface area contributed by atoms with Gasteiger partial charge in [0.25, 0.3) is 5.56 Å². The van der Waals surface area contributed by atoms with E-state index in [4.69, 9.17) is 4.74 Å². The minimum Gasteiger partial charge on any atom is -0.497 e. The summed E-state index contributed by atoms with van der Waals surface area (Å²) in [6.07, 6.45) is 1.80. The van der Waals surface area contributed by atoms with Gasteiger partial charge in [0.15, 0.2) is 11.0 Å². The van der Waals surface area contributed by atoms with Gasteiger partial charge in [0.2, 0.25) is 0 Å². The lowest BCUT2D eigenvalue weighted by Crippen LogP contribution is -2.11. The van der Waals surface area contributed by atoms with Crippen LogP contribution < -0.4 is 10.3 Å².